The van der Waals surface area contributed by atoms with Gasteiger partial charge in [-0.1, -0.05) is 30.8 Å². The summed E-state index contributed by atoms with van der Waals surface area (Å²) in [6.07, 6.45) is 2.63. The van der Waals surface area contributed by atoms with Gasteiger partial charge in [0.1, 0.15) is 11.4 Å². The highest BCUT2D eigenvalue weighted by Gasteiger charge is 2.16. The molecule has 1 heterocycles. The number of nitrogens with one attached hydrogen (secondary N) is 1. The quantitative estimate of drug-likeness (QED) is 0.556. The van der Waals surface area contributed by atoms with Gasteiger partial charge in [-0.05, 0) is 41.4 Å². The lowest BCUT2D eigenvalue weighted by atomic mass is 10.2. The van der Waals surface area contributed by atoms with Crippen molar-refractivity contribution in [2.45, 2.75) is 25.4 Å². The molecule has 7 heteroatoms. The van der Waals surface area contributed by atoms with Crippen LogP contribution in [0, 0.1) is 0 Å². The second-order valence-corrected chi connectivity index (χ2v) is 6.50. The SMILES string of the molecule is CCCSc1ncc(Br)c(C(=O)Nc2ccccc2OCC)n1. The Labute approximate surface area is 148 Å². The van der Waals surface area contributed by atoms with E-state index in [2.05, 4.69) is 38.1 Å². The normalized spacial score (nSPS) is 10.4. The number of aromatic nitrogens is 2. The third-order valence-electron chi connectivity index (χ3n) is 2.81. The van der Waals surface area contributed by atoms with Gasteiger partial charge in [-0.2, -0.15) is 0 Å². The zero-order valence-corrected chi connectivity index (χ0v) is 15.4. The fourth-order valence-corrected chi connectivity index (χ4v) is 2.85. The molecule has 0 atom stereocenters. The van der Waals surface area contributed by atoms with Crippen LogP contribution in [0.3, 0.4) is 0 Å². The van der Waals surface area contributed by atoms with E-state index in [1.54, 1.807) is 12.3 Å². The number of para-hydroxylation sites is 2. The van der Waals surface area contributed by atoms with Gasteiger partial charge in [0.05, 0.1) is 16.8 Å². The molecule has 1 aromatic carbocycles. The Morgan fingerprint density at radius 1 is 1.35 bits per heavy atom. The topological polar surface area (TPSA) is 64.1 Å². The largest absolute Gasteiger partial charge is 0.492 e. The highest BCUT2D eigenvalue weighted by molar-refractivity contribution is 9.10. The molecule has 0 spiro atoms. The summed E-state index contributed by atoms with van der Waals surface area (Å²) in [7, 11) is 0. The van der Waals surface area contributed by atoms with Gasteiger partial charge in [0.2, 0.25) is 0 Å². The molecule has 2 rings (SSSR count). The molecule has 0 aliphatic rings. The lowest BCUT2D eigenvalue weighted by molar-refractivity contribution is 0.102. The van der Waals surface area contributed by atoms with E-state index in [1.807, 2.05) is 25.1 Å². The number of thioether (sulfide) groups is 1. The van der Waals surface area contributed by atoms with Crippen LogP contribution in [0.1, 0.15) is 30.8 Å². The number of carbonyl (C=O) groups is 1. The Bertz CT molecular complexity index is 682. The van der Waals surface area contributed by atoms with E-state index < -0.39 is 0 Å². The fraction of sp³-hybridized carbons (Fsp3) is 0.312. The number of halogens is 1. The molecule has 0 saturated carbocycles. The Kier molecular flexibility index (Phi) is 6.85. The van der Waals surface area contributed by atoms with E-state index in [0.717, 1.165) is 12.2 Å². The van der Waals surface area contributed by atoms with E-state index in [9.17, 15) is 4.79 Å². The van der Waals surface area contributed by atoms with Gasteiger partial charge in [0.15, 0.2) is 5.16 Å². The average molecular weight is 396 g/mol. The van der Waals surface area contributed by atoms with Crippen LogP contribution in [0.15, 0.2) is 40.1 Å². The second kappa shape index (κ2) is 8.88. The van der Waals surface area contributed by atoms with Crippen molar-refractivity contribution in [2.24, 2.45) is 0 Å². The van der Waals surface area contributed by atoms with Gasteiger partial charge in [0, 0.05) is 11.9 Å². The molecule has 0 aliphatic carbocycles. The van der Waals surface area contributed by atoms with E-state index >= 15 is 0 Å². The molecule has 1 N–H and O–H groups in total. The summed E-state index contributed by atoms with van der Waals surface area (Å²) in [6, 6.07) is 7.32. The van der Waals surface area contributed by atoms with Crippen LogP contribution in [-0.2, 0) is 0 Å². The molecule has 0 saturated heterocycles. The van der Waals surface area contributed by atoms with Gasteiger partial charge < -0.3 is 10.1 Å². The second-order valence-electron chi connectivity index (χ2n) is 4.58. The summed E-state index contributed by atoms with van der Waals surface area (Å²) in [6.45, 7) is 4.52. The third-order valence-corrected chi connectivity index (χ3v) is 4.46. The molecule has 0 fully saturated rings. The van der Waals surface area contributed by atoms with Gasteiger partial charge >= 0.3 is 0 Å². The smallest absolute Gasteiger partial charge is 0.275 e. The highest BCUT2D eigenvalue weighted by atomic mass is 79.9. The Morgan fingerprint density at radius 2 is 2.13 bits per heavy atom. The molecule has 122 valence electrons. The number of amides is 1. The van der Waals surface area contributed by atoms with Crippen LogP contribution in [-0.4, -0.2) is 28.2 Å². The van der Waals surface area contributed by atoms with Crippen molar-refractivity contribution in [1.82, 2.24) is 9.97 Å². The maximum absolute atomic E-state index is 12.5. The number of carbonyl (C=O) groups excluding carboxylic acids is 1. The number of hydrogen-bond acceptors (Lipinski definition) is 5. The molecule has 0 unspecified atom stereocenters. The molecule has 5 nitrogen and oxygen atoms in total. The zero-order chi connectivity index (χ0) is 16.7. The van der Waals surface area contributed by atoms with Crippen molar-refractivity contribution in [3.05, 3.63) is 40.6 Å². The maximum Gasteiger partial charge on any atom is 0.275 e. The van der Waals surface area contributed by atoms with E-state index in [1.165, 1.54) is 11.8 Å². The Balaban J connectivity index is 2.20. The van der Waals surface area contributed by atoms with Crippen LogP contribution >= 0.6 is 27.7 Å². The first-order valence-electron chi connectivity index (χ1n) is 7.34. The van der Waals surface area contributed by atoms with E-state index in [-0.39, 0.29) is 5.91 Å². The Morgan fingerprint density at radius 3 is 2.87 bits per heavy atom. The van der Waals surface area contributed by atoms with Crippen LogP contribution in [0.4, 0.5) is 5.69 Å². The predicted molar refractivity (Wildman–Crippen MR) is 96.3 cm³/mol. The third kappa shape index (κ3) is 4.94. The summed E-state index contributed by atoms with van der Waals surface area (Å²) in [5.41, 5.74) is 0.928. The number of ether oxygens (including phenoxy) is 1. The predicted octanol–water partition coefficient (Wildman–Crippen LogP) is 4.39. The average Bonchev–Trinajstić information content (AvgIpc) is 2.56. The van der Waals surface area contributed by atoms with E-state index in [0.29, 0.717) is 33.4 Å². The van der Waals surface area contributed by atoms with Gasteiger partial charge in [0.25, 0.3) is 5.91 Å². The molecule has 0 aliphatic heterocycles. The first kappa shape index (κ1) is 17.7. The van der Waals surface area contributed by atoms with Gasteiger partial charge in [-0.15, -0.1) is 0 Å². The summed E-state index contributed by atoms with van der Waals surface area (Å²) in [5.74, 6) is 1.24. The van der Waals surface area contributed by atoms with Gasteiger partial charge in [-0.25, -0.2) is 9.97 Å². The van der Waals surface area contributed by atoms with Crippen LogP contribution in [0.2, 0.25) is 0 Å². The van der Waals surface area contributed by atoms with Crippen LogP contribution in [0.25, 0.3) is 0 Å². The minimum Gasteiger partial charge on any atom is -0.492 e. The summed E-state index contributed by atoms with van der Waals surface area (Å²) < 4.78 is 6.08. The number of anilines is 1. The van der Waals surface area contributed by atoms with Crippen LogP contribution in [0.5, 0.6) is 5.75 Å². The minimum atomic E-state index is -0.301. The molecule has 0 bridgehead atoms. The molecular weight excluding hydrogens is 378 g/mol. The summed E-state index contributed by atoms with van der Waals surface area (Å²) in [5, 5.41) is 3.44. The lowest BCUT2D eigenvalue weighted by Crippen LogP contribution is -2.16. The first-order chi connectivity index (χ1) is 11.2. The maximum atomic E-state index is 12.5. The molecule has 2 aromatic rings. The molecule has 0 radical (unpaired) electrons. The monoisotopic (exact) mass is 395 g/mol. The van der Waals surface area contributed by atoms with E-state index in [4.69, 9.17) is 4.74 Å². The molecule has 1 amide bonds. The minimum absolute atomic E-state index is 0.301. The van der Waals surface area contributed by atoms with Crippen molar-refractivity contribution in [3.63, 3.8) is 0 Å². The van der Waals surface area contributed by atoms with Crippen molar-refractivity contribution in [2.75, 3.05) is 17.7 Å². The molecular formula is C16H18BrN3O2S. The number of hydrogen-bond donors (Lipinski definition) is 1. The van der Waals surface area contributed by atoms with Crippen molar-refractivity contribution >= 4 is 39.3 Å². The number of benzene rings is 1. The summed E-state index contributed by atoms with van der Waals surface area (Å²) >= 11 is 4.87. The first-order valence-corrected chi connectivity index (χ1v) is 9.12. The van der Waals surface area contributed by atoms with Crippen molar-refractivity contribution < 1.29 is 9.53 Å². The highest BCUT2D eigenvalue weighted by Crippen LogP contribution is 2.25. The standard InChI is InChI=1S/C16H18BrN3O2S/c1-3-9-23-16-18-10-11(17)14(20-16)15(21)19-12-7-5-6-8-13(12)22-4-2/h5-8,10H,3-4,9H2,1-2H3,(H,19,21). The van der Waals surface area contributed by atoms with Crippen molar-refractivity contribution in [1.29, 1.82) is 0 Å². The van der Waals surface area contributed by atoms with Crippen LogP contribution < -0.4 is 10.1 Å². The zero-order valence-electron chi connectivity index (χ0n) is 13.0. The fourth-order valence-electron chi connectivity index (χ4n) is 1.81. The Hall–Kier alpha value is -1.60. The van der Waals surface area contributed by atoms with Crippen molar-refractivity contribution in [3.8, 4) is 5.75 Å². The summed E-state index contributed by atoms with van der Waals surface area (Å²) in [4.78, 5) is 21.1. The van der Waals surface area contributed by atoms with Gasteiger partial charge in [-0.3, -0.25) is 4.79 Å². The molecule has 1 aromatic heterocycles. The number of rotatable bonds is 7. The molecule has 23 heavy (non-hydrogen) atoms. The number of nitrogens with zero attached hydrogens (tertiary/aromatic N) is 2. The lowest BCUT2D eigenvalue weighted by Gasteiger charge is -2.11.